The fourth-order valence-corrected chi connectivity index (χ4v) is 3.82. The van der Waals surface area contributed by atoms with Gasteiger partial charge in [0.1, 0.15) is 21.6 Å². The van der Waals surface area contributed by atoms with Crippen molar-refractivity contribution in [2.45, 2.75) is 0 Å². The van der Waals surface area contributed by atoms with Gasteiger partial charge in [0.25, 0.3) is 11.8 Å². The van der Waals surface area contributed by atoms with Gasteiger partial charge in [0.05, 0.1) is 22.4 Å². The number of pyridine rings is 1. The van der Waals surface area contributed by atoms with Crippen molar-refractivity contribution in [3.05, 3.63) is 51.9 Å². The van der Waals surface area contributed by atoms with E-state index in [4.69, 9.17) is 21.5 Å². The molecule has 2 amide bonds. The molecule has 4 N–H and O–H groups in total. The third kappa shape index (κ3) is 2.53. The quantitative estimate of drug-likeness (QED) is 0.504. The number of carbonyl (C=O) groups excluding carboxylic acids is 3. The van der Waals surface area contributed by atoms with E-state index in [0.717, 1.165) is 16.2 Å². The fourth-order valence-electron chi connectivity index (χ4n) is 2.84. The number of rotatable bonds is 3. The molecule has 0 aliphatic carbocycles. The second-order valence-electron chi connectivity index (χ2n) is 5.88. The van der Waals surface area contributed by atoms with Gasteiger partial charge in [-0.15, -0.1) is 11.3 Å². The first-order chi connectivity index (χ1) is 13.4. The van der Waals surface area contributed by atoms with Crippen LogP contribution in [0.5, 0.6) is 0 Å². The SMILES string of the molecule is N#Cc1cc2c(N)c(C(=O)OCN3C(=O)c4ccccc4C3=O)sc2nc1N. The summed E-state index contributed by atoms with van der Waals surface area (Å²) in [6.07, 6.45) is 0. The highest BCUT2D eigenvalue weighted by Crippen LogP contribution is 2.34. The Hall–Kier alpha value is -3.97. The van der Waals surface area contributed by atoms with Gasteiger partial charge in [-0.1, -0.05) is 12.1 Å². The number of nitrogens with two attached hydrogens (primary N) is 2. The lowest BCUT2D eigenvalue weighted by molar-refractivity contribution is 0.0233. The molecule has 0 fully saturated rings. The van der Waals surface area contributed by atoms with Crippen LogP contribution in [0.1, 0.15) is 36.0 Å². The summed E-state index contributed by atoms with van der Waals surface area (Å²) in [5, 5.41) is 9.45. The van der Waals surface area contributed by atoms with Gasteiger partial charge in [0.15, 0.2) is 6.73 Å². The van der Waals surface area contributed by atoms with Crippen molar-refractivity contribution in [3.8, 4) is 6.07 Å². The Morgan fingerprint density at radius 1 is 1.21 bits per heavy atom. The van der Waals surface area contributed by atoms with Crippen LogP contribution in [0, 0.1) is 11.3 Å². The molecular formula is C18H11N5O4S. The molecule has 0 spiro atoms. The van der Waals surface area contributed by atoms with Crippen LogP contribution >= 0.6 is 11.3 Å². The first-order valence-corrected chi connectivity index (χ1v) is 8.75. The highest BCUT2D eigenvalue weighted by Gasteiger charge is 2.36. The summed E-state index contributed by atoms with van der Waals surface area (Å²) in [7, 11) is 0. The van der Waals surface area contributed by atoms with E-state index in [1.54, 1.807) is 12.1 Å². The van der Waals surface area contributed by atoms with Crippen LogP contribution in [0.15, 0.2) is 30.3 Å². The molecule has 3 heterocycles. The highest BCUT2D eigenvalue weighted by molar-refractivity contribution is 7.21. The molecule has 0 unspecified atom stereocenters. The number of imide groups is 1. The number of amides is 2. The summed E-state index contributed by atoms with van der Waals surface area (Å²) in [5.41, 5.74) is 12.4. The van der Waals surface area contributed by atoms with Gasteiger partial charge in [0, 0.05) is 5.39 Å². The van der Waals surface area contributed by atoms with Gasteiger partial charge in [-0.25, -0.2) is 14.7 Å². The number of nitrogen functional groups attached to an aromatic ring is 2. The van der Waals surface area contributed by atoms with Gasteiger partial charge >= 0.3 is 5.97 Å². The summed E-state index contributed by atoms with van der Waals surface area (Å²) in [5.74, 6) is -1.85. The predicted molar refractivity (Wildman–Crippen MR) is 100 cm³/mol. The molecular weight excluding hydrogens is 382 g/mol. The van der Waals surface area contributed by atoms with Crippen LogP contribution in [0.25, 0.3) is 10.2 Å². The normalized spacial score (nSPS) is 12.9. The van der Waals surface area contributed by atoms with Crippen molar-refractivity contribution in [1.82, 2.24) is 9.88 Å². The number of hydrogen-bond donors (Lipinski definition) is 2. The Kier molecular flexibility index (Phi) is 3.94. The fraction of sp³-hybridized carbons (Fsp3) is 0.0556. The van der Waals surface area contributed by atoms with Crippen molar-refractivity contribution in [2.24, 2.45) is 0 Å². The third-order valence-electron chi connectivity index (χ3n) is 4.26. The third-order valence-corrected chi connectivity index (χ3v) is 5.35. The lowest BCUT2D eigenvalue weighted by atomic mass is 10.1. The first-order valence-electron chi connectivity index (χ1n) is 7.93. The number of esters is 1. The van der Waals surface area contributed by atoms with E-state index in [-0.39, 0.29) is 33.1 Å². The molecule has 28 heavy (non-hydrogen) atoms. The molecule has 0 radical (unpaired) electrons. The minimum atomic E-state index is -0.811. The van der Waals surface area contributed by atoms with Crippen molar-refractivity contribution in [2.75, 3.05) is 18.2 Å². The van der Waals surface area contributed by atoms with Crippen LogP contribution in [0.2, 0.25) is 0 Å². The van der Waals surface area contributed by atoms with E-state index in [0.29, 0.717) is 10.2 Å². The van der Waals surface area contributed by atoms with Gasteiger partial charge in [0.2, 0.25) is 0 Å². The molecule has 0 atom stereocenters. The van der Waals surface area contributed by atoms with Crippen LogP contribution in [-0.2, 0) is 4.74 Å². The molecule has 10 heteroatoms. The van der Waals surface area contributed by atoms with Crippen molar-refractivity contribution < 1.29 is 19.1 Å². The number of carbonyl (C=O) groups is 3. The van der Waals surface area contributed by atoms with E-state index >= 15 is 0 Å². The van der Waals surface area contributed by atoms with Crippen LogP contribution < -0.4 is 11.5 Å². The number of hydrogen-bond acceptors (Lipinski definition) is 9. The van der Waals surface area contributed by atoms with Crippen LogP contribution in [0.3, 0.4) is 0 Å². The van der Waals surface area contributed by atoms with E-state index < -0.39 is 24.5 Å². The molecule has 3 aromatic rings. The highest BCUT2D eigenvalue weighted by atomic mass is 32.1. The molecule has 0 saturated heterocycles. The minimum Gasteiger partial charge on any atom is -0.439 e. The number of fused-ring (bicyclic) bond motifs is 2. The lowest BCUT2D eigenvalue weighted by Gasteiger charge is -2.13. The topological polar surface area (TPSA) is 152 Å². The van der Waals surface area contributed by atoms with E-state index in [2.05, 4.69) is 4.98 Å². The average Bonchev–Trinajstić information content (AvgIpc) is 3.14. The van der Waals surface area contributed by atoms with Gasteiger partial charge in [-0.3, -0.25) is 9.59 Å². The number of nitriles is 1. The van der Waals surface area contributed by atoms with Crippen molar-refractivity contribution >= 4 is 50.8 Å². The Labute approximate surface area is 161 Å². The van der Waals surface area contributed by atoms with Crippen molar-refractivity contribution in [1.29, 1.82) is 5.26 Å². The Morgan fingerprint density at radius 2 is 1.86 bits per heavy atom. The summed E-state index contributed by atoms with van der Waals surface area (Å²) >= 11 is 0.948. The number of anilines is 2. The van der Waals surface area contributed by atoms with E-state index in [9.17, 15) is 14.4 Å². The van der Waals surface area contributed by atoms with E-state index in [1.807, 2.05) is 6.07 Å². The van der Waals surface area contributed by atoms with Crippen LogP contribution in [0.4, 0.5) is 11.5 Å². The Bertz CT molecular complexity index is 1190. The number of thiophene rings is 1. The summed E-state index contributed by atoms with van der Waals surface area (Å²) in [6.45, 7) is -0.544. The maximum atomic E-state index is 12.5. The second-order valence-corrected chi connectivity index (χ2v) is 6.87. The zero-order chi connectivity index (χ0) is 20.0. The minimum absolute atomic E-state index is 0.0298. The first kappa shape index (κ1) is 17.4. The maximum absolute atomic E-state index is 12.5. The molecule has 2 aromatic heterocycles. The summed E-state index contributed by atoms with van der Waals surface area (Å²) < 4.78 is 5.13. The predicted octanol–water partition coefficient (Wildman–Crippen LogP) is 1.74. The number of ether oxygens (including phenoxy) is 1. The molecule has 4 rings (SSSR count). The maximum Gasteiger partial charge on any atom is 0.352 e. The van der Waals surface area contributed by atoms with Gasteiger partial charge in [-0.05, 0) is 18.2 Å². The number of nitrogens with zero attached hydrogens (tertiary/aromatic N) is 3. The largest absolute Gasteiger partial charge is 0.439 e. The average molecular weight is 393 g/mol. The van der Waals surface area contributed by atoms with Gasteiger partial charge in [-0.2, -0.15) is 5.26 Å². The monoisotopic (exact) mass is 393 g/mol. The van der Waals surface area contributed by atoms with Crippen LogP contribution in [-0.4, -0.2) is 34.4 Å². The Balaban J connectivity index is 1.57. The van der Waals surface area contributed by atoms with Crippen molar-refractivity contribution in [3.63, 3.8) is 0 Å². The standard InChI is InChI=1S/C18H11N5O4S/c19-6-8-5-11-12(20)13(28-15(11)22-14(8)21)18(26)27-7-23-16(24)9-3-1-2-4-10(9)17(23)25/h1-5H,7,20H2,(H2,21,22). The second kappa shape index (κ2) is 6.33. The molecule has 1 aliphatic rings. The van der Waals surface area contributed by atoms with Gasteiger partial charge < -0.3 is 16.2 Å². The zero-order valence-corrected chi connectivity index (χ0v) is 14.9. The molecule has 0 saturated carbocycles. The molecule has 138 valence electrons. The molecule has 9 nitrogen and oxygen atoms in total. The summed E-state index contributed by atoms with van der Waals surface area (Å²) in [6, 6.07) is 9.70. The number of benzene rings is 1. The molecule has 0 bridgehead atoms. The molecule has 1 aromatic carbocycles. The number of aromatic nitrogens is 1. The molecule has 1 aliphatic heterocycles. The zero-order valence-electron chi connectivity index (χ0n) is 14.1. The lowest BCUT2D eigenvalue weighted by Crippen LogP contribution is -2.33. The smallest absolute Gasteiger partial charge is 0.352 e. The Morgan fingerprint density at radius 3 is 2.46 bits per heavy atom. The summed E-state index contributed by atoms with van der Waals surface area (Å²) in [4.78, 5) is 42.4. The van der Waals surface area contributed by atoms with E-state index in [1.165, 1.54) is 18.2 Å².